The lowest BCUT2D eigenvalue weighted by atomic mass is 9.82. The van der Waals surface area contributed by atoms with E-state index >= 15 is 0 Å². The van der Waals surface area contributed by atoms with Gasteiger partial charge in [0.1, 0.15) is 5.54 Å². The number of nitrogens with one attached hydrogen (secondary N) is 3. The van der Waals surface area contributed by atoms with E-state index in [4.69, 9.17) is 5.11 Å². The molecule has 0 spiro atoms. The Hall–Kier alpha value is -2.05. The number of carboxylic acid groups (broad SMARTS) is 1. The molecule has 1 unspecified atom stereocenters. The van der Waals surface area contributed by atoms with Crippen LogP contribution in [-0.4, -0.2) is 40.1 Å². The van der Waals surface area contributed by atoms with Crippen molar-refractivity contribution in [3.8, 4) is 0 Å². The molecule has 0 saturated heterocycles. The number of carbonyl (C=O) groups is 3. The topological polar surface area (TPSA) is 108 Å². The van der Waals surface area contributed by atoms with Crippen LogP contribution in [0.4, 0.5) is 4.79 Å². The van der Waals surface area contributed by atoms with Gasteiger partial charge in [0.05, 0.1) is 0 Å². The zero-order valence-electron chi connectivity index (χ0n) is 14.2. The molecular weight excluding hydrogens is 298 g/mol. The van der Waals surface area contributed by atoms with E-state index in [0.717, 1.165) is 0 Å². The first-order chi connectivity index (χ1) is 10.5. The summed E-state index contributed by atoms with van der Waals surface area (Å²) in [7, 11) is 0. The van der Waals surface area contributed by atoms with Crippen molar-refractivity contribution in [1.82, 2.24) is 16.0 Å². The fourth-order valence-corrected chi connectivity index (χ4v) is 3.22. The lowest BCUT2D eigenvalue weighted by molar-refractivity contribution is -0.135. The highest BCUT2D eigenvalue weighted by molar-refractivity contribution is 5.92. The largest absolute Gasteiger partial charge is 0.465 e. The molecule has 0 aromatic heterocycles. The highest BCUT2D eigenvalue weighted by Gasteiger charge is 2.53. The van der Waals surface area contributed by atoms with Crippen LogP contribution < -0.4 is 16.0 Å². The fourth-order valence-electron chi connectivity index (χ4n) is 3.22. The summed E-state index contributed by atoms with van der Waals surface area (Å²) in [5, 5.41) is 17.1. The van der Waals surface area contributed by atoms with Gasteiger partial charge in [-0.15, -0.1) is 6.58 Å². The monoisotopic (exact) mass is 325 g/mol. The van der Waals surface area contributed by atoms with Crippen molar-refractivity contribution in [1.29, 1.82) is 0 Å². The zero-order chi connectivity index (χ0) is 17.8. The van der Waals surface area contributed by atoms with Crippen LogP contribution in [0, 0.1) is 5.92 Å². The van der Waals surface area contributed by atoms with Crippen LogP contribution in [0.5, 0.6) is 0 Å². The lowest BCUT2D eigenvalue weighted by Gasteiger charge is -2.37. The Kier molecular flexibility index (Phi) is 5.80. The zero-order valence-corrected chi connectivity index (χ0v) is 14.2. The van der Waals surface area contributed by atoms with Crippen molar-refractivity contribution < 1.29 is 19.5 Å². The molecule has 0 aliphatic heterocycles. The molecule has 0 heterocycles. The van der Waals surface area contributed by atoms with Crippen LogP contribution in [0.15, 0.2) is 12.7 Å². The minimum atomic E-state index is -1.14. The first-order valence-electron chi connectivity index (χ1n) is 7.72. The van der Waals surface area contributed by atoms with Crippen LogP contribution in [0.1, 0.15) is 47.0 Å². The van der Waals surface area contributed by atoms with E-state index in [1.54, 1.807) is 6.08 Å². The van der Waals surface area contributed by atoms with Gasteiger partial charge in [0.2, 0.25) is 11.8 Å². The average molecular weight is 325 g/mol. The van der Waals surface area contributed by atoms with Crippen molar-refractivity contribution in [2.75, 3.05) is 0 Å². The summed E-state index contributed by atoms with van der Waals surface area (Å²) in [5.74, 6) is -0.830. The predicted octanol–water partition coefficient (Wildman–Crippen LogP) is 1.40. The van der Waals surface area contributed by atoms with Gasteiger partial charge in [-0.1, -0.05) is 6.08 Å². The molecule has 0 aromatic rings. The lowest BCUT2D eigenvalue weighted by Crippen LogP contribution is -2.63. The Morgan fingerprint density at radius 3 is 2.39 bits per heavy atom. The fraction of sp³-hybridized carbons (Fsp3) is 0.688. The van der Waals surface area contributed by atoms with Gasteiger partial charge in [-0.3, -0.25) is 9.59 Å². The quantitative estimate of drug-likeness (QED) is 0.573. The van der Waals surface area contributed by atoms with Gasteiger partial charge in [-0.25, -0.2) is 4.79 Å². The SMILES string of the molecule is C=CC[C@H]1CC(NC(=O)O)C[C@@]1(NC(C)=O)C(=O)NC(C)(C)C. The molecule has 3 amide bonds. The van der Waals surface area contributed by atoms with Gasteiger partial charge in [0, 0.05) is 24.9 Å². The minimum absolute atomic E-state index is 0.219. The van der Waals surface area contributed by atoms with Gasteiger partial charge in [0.15, 0.2) is 0 Å². The van der Waals surface area contributed by atoms with Crippen molar-refractivity contribution in [3.63, 3.8) is 0 Å². The maximum Gasteiger partial charge on any atom is 0.404 e. The van der Waals surface area contributed by atoms with Gasteiger partial charge in [0.25, 0.3) is 0 Å². The summed E-state index contributed by atoms with van der Waals surface area (Å²) in [6.07, 6.45) is 1.75. The second kappa shape index (κ2) is 7.02. The van der Waals surface area contributed by atoms with E-state index < -0.39 is 23.2 Å². The van der Waals surface area contributed by atoms with Crippen LogP contribution in [0.2, 0.25) is 0 Å². The molecule has 0 aromatic carbocycles. The molecule has 130 valence electrons. The molecule has 7 nitrogen and oxygen atoms in total. The summed E-state index contributed by atoms with van der Waals surface area (Å²) >= 11 is 0. The molecule has 0 radical (unpaired) electrons. The molecule has 4 N–H and O–H groups in total. The molecule has 7 heteroatoms. The Balaban J connectivity index is 3.17. The van der Waals surface area contributed by atoms with E-state index in [1.807, 2.05) is 20.8 Å². The smallest absolute Gasteiger partial charge is 0.404 e. The number of rotatable bonds is 5. The molecule has 0 bridgehead atoms. The second-order valence-electron chi connectivity index (χ2n) is 7.16. The van der Waals surface area contributed by atoms with E-state index in [-0.39, 0.29) is 24.2 Å². The molecule has 23 heavy (non-hydrogen) atoms. The highest BCUT2D eigenvalue weighted by Crippen LogP contribution is 2.39. The molecule has 1 rings (SSSR count). The summed E-state index contributed by atoms with van der Waals surface area (Å²) in [6, 6.07) is -0.394. The number of hydrogen-bond acceptors (Lipinski definition) is 3. The highest BCUT2D eigenvalue weighted by atomic mass is 16.4. The van der Waals surface area contributed by atoms with Gasteiger partial charge >= 0.3 is 6.09 Å². The standard InChI is InChI=1S/C16H27N3O4/c1-6-7-11-8-12(17-14(22)23)9-16(11,18-10(2)20)13(21)19-15(3,4)5/h6,11-12,17H,1,7-9H2,2-5H3,(H,18,20)(H,19,21)(H,22,23)/t11-,12?,16-/m0/s1. The third-order valence-electron chi connectivity index (χ3n) is 3.91. The van der Waals surface area contributed by atoms with E-state index in [0.29, 0.717) is 12.8 Å². The van der Waals surface area contributed by atoms with Crippen molar-refractivity contribution in [3.05, 3.63) is 12.7 Å². The second-order valence-corrected chi connectivity index (χ2v) is 7.16. The average Bonchev–Trinajstić information content (AvgIpc) is 2.64. The van der Waals surface area contributed by atoms with Gasteiger partial charge in [-0.2, -0.15) is 0 Å². The summed E-state index contributed by atoms with van der Waals surface area (Å²) in [5.41, 5.74) is -1.60. The van der Waals surface area contributed by atoms with Crippen molar-refractivity contribution >= 4 is 17.9 Å². The molecule has 1 saturated carbocycles. The summed E-state index contributed by atoms with van der Waals surface area (Å²) in [6.45, 7) is 10.6. The van der Waals surface area contributed by atoms with Crippen LogP contribution in [-0.2, 0) is 9.59 Å². The minimum Gasteiger partial charge on any atom is -0.465 e. The molecule has 3 atom stereocenters. The molecule has 1 aliphatic rings. The molecule has 1 aliphatic carbocycles. The first-order valence-corrected chi connectivity index (χ1v) is 7.72. The van der Waals surface area contributed by atoms with Crippen molar-refractivity contribution in [2.24, 2.45) is 5.92 Å². The third-order valence-corrected chi connectivity index (χ3v) is 3.91. The number of allylic oxidation sites excluding steroid dienone is 1. The van der Waals surface area contributed by atoms with Crippen LogP contribution >= 0.6 is 0 Å². The first kappa shape index (κ1) is 19.0. The number of amides is 3. The Morgan fingerprint density at radius 1 is 1.35 bits per heavy atom. The normalized spacial score (nSPS) is 27.1. The summed E-state index contributed by atoms with van der Waals surface area (Å²) in [4.78, 5) is 35.5. The molecule has 1 fully saturated rings. The maximum absolute atomic E-state index is 12.9. The number of carbonyl (C=O) groups excluding carboxylic acids is 2. The Bertz CT molecular complexity index is 498. The Labute approximate surface area is 136 Å². The van der Waals surface area contributed by atoms with E-state index in [2.05, 4.69) is 22.5 Å². The van der Waals surface area contributed by atoms with E-state index in [1.165, 1.54) is 6.92 Å². The predicted molar refractivity (Wildman–Crippen MR) is 86.9 cm³/mol. The molecular formula is C16H27N3O4. The Morgan fingerprint density at radius 2 is 1.96 bits per heavy atom. The van der Waals surface area contributed by atoms with Gasteiger partial charge in [-0.05, 0) is 39.5 Å². The van der Waals surface area contributed by atoms with E-state index in [9.17, 15) is 14.4 Å². The maximum atomic E-state index is 12.9. The van der Waals surface area contributed by atoms with Gasteiger partial charge < -0.3 is 21.1 Å². The van der Waals surface area contributed by atoms with Crippen molar-refractivity contribution in [2.45, 2.75) is 64.1 Å². The third kappa shape index (κ3) is 4.97. The van der Waals surface area contributed by atoms with Crippen LogP contribution in [0.25, 0.3) is 0 Å². The summed E-state index contributed by atoms with van der Waals surface area (Å²) < 4.78 is 0. The number of hydrogen-bond donors (Lipinski definition) is 4. The van der Waals surface area contributed by atoms with Crippen LogP contribution in [0.3, 0.4) is 0 Å².